The van der Waals surface area contributed by atoms with E-state index in [0.717, 1.165) is 0 Å². The van der Waals surface area contributed by atoms with Gasteiger partial charge in [0.2, 0.25) is 0 Å². The van der Waals surface area contributed by atoms with Gasteiger partial charge in [-0.25, -0.2) is 0 Å². The number of nitro benzene ring substituents is 1. The minimum Gasteiger partial charge on any atom is -0.382 e. The smallest absolute Gasteiger partial charge is 0.306 e. The van der Waals surface area contributed by atoms with E-state index in [0.29, 0.717) is 24.3 Å². The highest BCUT2D eigenvalue weighted by Crippen LogP contribution is 2.30. The minimum atomic E-state index is -0.520. The Morgan fingerprint density at radius 1 is 1.27 bits per heavy atom. The van der Waals surface area contributed by atoms with E-state index in [9.17, 15) is 20.2 Å². The van der Waals surface area contributed by atoms with E-state index in [-0.39, 0.29) is 16.4 Å². The monoisotopic (exact) mass is 325 g/mol. The maximum absolute atomic E-state index is 10.7. The Morgan fingerprint density at radius 2 is 1.95 bits per heavy atom. The van der Waals surface area contributed by atoms with Gasteiger partial charge < -0.3 is 5.32 Å². The molecule has 0 radical (unpaired) electrons. The van der Waals surface area contributed by atoms with Crippen molar-refractivity contribution < 1.29 is 9.85 Å². The molecule has 10 heteroatoms. The Hall–Kier alpha value is -2.68. The van der Waals surface area contributed by atoms with Gasteiger partial charge in [-0.1, -0.05) is 11.6 Å². The fourth-order valence-corrected chi connectivity index (χ4v) is 2.25. The van der Waals surface area contributed by atoms with Crippen LogP contribution in [0.25, 0.3) is 0 Å². The van der Waals surface area contributed by atoms with E-state index < -0.39 is 9.85 Å². The molecular formula is C12H12ClN5O4. The van der Waals surface area contributed by atoms with Crippen molar-refractivity contribution in [3.63, 3.8) is 0 Å². The summed E-state index contributed by atoms with van der Waals surface area (Å²) < 4.78 is 1.43. The number of aromatic nitrogens is 2. The summed E-state index contributed by atoms with van der Waals surface area (Å²) in [5.41, 5.74) is 1.08. The lowest BCUT2D eigenvalue weighted by Crippen LogP contribution is -2.12. The highest BCUT2D eigenvalue weighted by molar-refractivity contribution is 6.33. The van der Waals surface area contributed by atoms with Crippen molar-refractivity contribution in [1.82, 2.24) is 9.78 Å². The second-order valence-electron chi connectivity index (χ2n) is 4.52. The number of nitrogens with one attached hydrogen (secondary N) is 1. The van der Waals surface area contributed by atoms with Gasteiger partial charge in [-0.15, -0.1) is 0 Å². The molecule has 22 heavy (non-hydrogen) atoms. The van der Waals surface area contributed by atoms with Gasteiger partial charge in [0.25, 0.3) is 5.69 Å². The van der Waals surface area contributed by atoms with Gasteiger partial charge in [-0.3, -0.25) is 24.9 Å². The summed E-state index contributed by atoms with van der Waals surface area (Å²) in [5.74, 6) is 0. The molecule has 0 saturated carbocycles. The van der Waals surface area contributed by atoms with Crippen LogP contribution in [0.3, 0.4) is 0 Å². The number of aryl methyl sites for hydroxylation is 1. The van der Waals surface area contributed by atoms with Crippen LogP contribution < -0.4 is 5.32 Å². The van der Waals surface area contributed by atoms with Crippen LogP contribution in [0.5, 0.6) is 0 Å². The quantitative estimate of drug-likeness (QED) is 0.644. The van der Waals surface area contributed by atoms with Gasteiger partial charge in [-0.2, -0.15) is 5.10 Å². The van der Waals surface area contributed by atoms with Crippen molar-refractivity contribution in [3.8, 4) is 0 Å². The molecule has 0 aliphatic rings. The zero-order valence-electron chi connectivity index (χ0n) is 11.5. The first kappa shape index (κ1) is 15.7. The molecule has 0 amide bonds. The highest BCUT2D eigenvalue weighted by Gasteiger charge is 2.13. The third-order valence-corrected chi connectivity index (χ3v) is 3.25. The Kier molecular flexibility index (Phi) is 4.56. The van der Waals surface area contributed by atoms with Crippen molar-refractivity contribution >= 4 is 28.7 Å². The molecule has 0 aliphatic carbocycles. The second-order valence-corrected chi connectivity index (χ2v) is 4.93. The summed E-state index contributed by atoms with van der Waals surface area (Å²) in [5, 5.41) is 28.4. The fourth-order valence-electron chi connectivity index (χ4n) is 1.92. The second kappa shape index (κ2) is 6.39. The van der Waals surface area contributed by atoms with Gasteiger partial charge in [0.05, 0.1) is 27.1 Å². The van der Waals surface area contributed by atoms with Crippen LogP contribution in [-0.4, -0.2) is 26.2 Å². The molecule has 0 fully saturated rings. The molecular weight excluding hydrogens is 314 g/mol. The Morgan fingerprint density at radius 3 is 2.50 bits per heavy atom. The van der Waals surface area contributed by atoms with Crippen LogP contribution >= 0.6 is 11.6 Å². The third-order valence-electron chi connectivity index (χ3n) is 2.96. The first-order chi connectivity index (χ1) is 10.4. The molecule has 1 aromatic carbocycles. The molecule has 9 nitrogen and oxygen atoms in total. The van der Waals surface area contributed by atoms with Crippen LogP contribution in [0.4, 0.5) is 17.1 Å². The molecule has 0 bridgehead atoms. The van der Waals surface area contributed by atoms with Crippen molar-refractivity contribution in [2.45, 2.75) is 13.5 Å². The number of nitrogens with zero attached hydrogens (tertiary/aromatic N) is 4. The first-order valence-corrected chi connectivity index (χ1v) is 6.61. The molecule has 2 rings (SSSR count). The lowest BCUT2D eigenvalue weighted by molar-refractivity contribution is -0.385. The number of nitro groups is 2. The molecule has 0 saturated heterocycles. The van der Waals surface area contributed by atoms with Gasteiger partial charge in [0.1, 0.15) is 12.4 Å². The van der Waals surface area contributed by atoms with Crippen molar-refractivity contribution in [2.75, 3.05) is 11.9 Å². The van der Waals surface area contributed by atoms with E-state index in [1.165, 1.54) is 29.2 Å². The standard InChI is InChI=1S/C12H12ClN5O4/c1-8-4-9(17(19)20)5-11(13)12(8)14-2-3-16-7-10(6-15-16)18(21)22/h4-7,14H,2-3H2,1H3. The molecule has 1 aromatic heterocycles. The van der Waals surface area contributed by atoms with Crippen LogP contribution in [0, 0.1) is 27.2 Å². The van der Waals surface area contributed by atoms with E-state index in [1.54, 1.807) is 6.92 Å². The average Bonchev–Trinajstić information content (AvgIpc) is 2.90. The molecule has 1 heterocycles. The Labute approximate surface area is 129 Å². The largest absolute Gasteiger partial charge is 0.382 e. The number of benzene rings is 1. The summed E-state index contributed by atoms with van der Waals surface area (Å²) in [6.07, 6.45) is 2.50. The number of hydrogen-bond donors (Lipinski definition) is 1. The summed E-state index contributed by atoms with van der Waals surface area (Å²) >= 11 is 6.03. The number of non-ortho nitro benzene ring substituents is 1. The molecule has 0 aliphatic heterocycles. The average molecular weight is 326 g/mol. The maximum atomic E-state index is 10.7. The molecule has 0 unspecified atom stereocenters. The van der Waals surface area contributed by atoms with E-state index >= 15 is 0 Å². The van der Waals surface area contributed by atoms with Crippen LogP contribution in [0.1, 0.15) is 5.56 Å². The predicted octanol–water partition coefficient (Wildman–Crippen LogP) is 2.77. The molecule has 1 N–H and O–H groups in total. The normalized spacial score (nSPS) is 10.5. The van der Waals surface area contributed by atoms with Crippen LogP contribution in [-0.2, 0) is 6.54 Å². The van der Waals surface area contributed by atoms with Crippen LogP contribution in [0.2, 0.25) is 5.02 Å². The van der Waals surface area contributed by atoms with E-state index in [4.69, 9.17) is 11.6 Å². The third kappa shape index (κ3) is 3.50. The van der Waals surface area contributed by atoms with Crippen molar-refractivity contribution in [1.29, 1.82) is 0 Å². The van der Waals surface area contributed by atoms with Crippen molar-refractivity contribution in [2.24, 2.45) is 0 Å². The zero-order valence-corrected chi connectivity index (χ0v) is 12.3. The van der Waals surface area contributed by atoms with Gasteiger partial charge >= 0.3 is 5.69 Å². The Balaban J connectivity index is 2.02. The number of rotatable bonds is 6. The molecule has 0 spiro atoms. The summed E-state index contributed by atoms with van der Waals surface area (Å²) in [6.45, 7) is 2.51. The van der Waals surface area contributed by atoms with Gasteiger partial charge in [0.15, 0.2) is 0 Å². The lowest BCUT2D eigenvalue weighted by Gasteiger charge is -2.11. The summed E-state index contributed by atoms with van der Waals surface area (Å²) in [6, 6.07) is 2.70. The molecule has 2 aromatic rings. The summed E-state index contributed by atoms with van der Waals surface area (Å²) in [4.78, 5) is 20.3. The first-order valence-electron chi connectivity index (χ1n) is 6.23. The number of anilines is 1. The van der Waals surface area contributed by atoms with E-state index in [1.807, 2.05) is 0 Å². The fraction of sp³-hybridized carbons (Fsp3) is 0.250. The topological polar surface area (TPSA) is 116 Å². The molecule has 0 atom stereocenters. The zero-order chi connectivity index (χ0) is 16.3. The maximum Gasteiger partial charge on any atom is 0.306 e. The SMILES string of the molecule is Cc1cc([N+](=O)[O-])cc(Cl)c1NCCn1cc([N+](=O)[O-])cn1. The highest BCUT2D eigenvalue weighted by atomic mass is 35.5. The number of hydrogen-bond acceptors (Lipinski definition) is 6. The molecule has 116 valence electrons. The predicted molar refractivity (Wildman–Crippen MR) is 80.2 cm³/mol. The van der Waals surface area contributed by atoms with Gasteiger partial charge in [-0.05, 0) is 12.5 Å². The van der Waals surface area contributed by atoms with E-state index in [2.05, 4.69) is 10.4 Å². The minimum absolute atomic E-state index is 0.0734. The van der Waals surface area contributed by atoms with Crippen LogP contribution in [0.15, 0.2) is 24.5 Å². The Bertz CT molecular complexity index is 707. The number of halogens is 1. The lowest BCUT2D eigenvalue weighted by atomic mass is 10.2. The van der Waals surface area contributed by atoms with Crippen molar-refractivity contribution in [3.05, 3.63) is 55.3 Å². The summed E-state index contributed by atoms with van der Waals surface area (Å²) in [7, 11) is 0. The van der Waals surface area contributed by atoms with Gasteiger partial charge in [0, 0.05) is 18.7 Å².